The quantitative estimate of drug-likeness (QED) is 0.805. The Morgan fingerprint density at radius 1 is 1.39 bits per heavy atom. The number of piperidine rings is 1. The molecule has 1 aromatic rings. The van der Waals surface area contributed by atoms with Crippen molar-refractivity contribution in [2.24, 2.45) is 5.41 Å². The zero-order chi connectivity index (χ0) is 13.2. The van der Waals surface area contributed by atoms with Crippen molar-refractivity contribution in [3.63, 3.8) is 0 Å². The lowest BCUT2D eigenvalue weighted by molar-refractivity contribution is 0.0600. The molecule has 0 aliphatic carbocycles. The second-order valence-corrected chi connectivity index (χ2v) is 6.38. The fourth-order valence-corrected chi connectivity index (χ4v) is 2.81. The second-order valence-electron chi connectivity index (χ2n) is 5.47. The largest absolute Gasteiger partial charge is 0.339 e. The summed E-state index contributed by atoms with van der Waals surface area (Å²) in [6.45, 7) is 6.34. The van der Waals surface area contributed by atoms with Crippen LogP contribution in [0.4, 0.5) is 0 Å². The standard InChI is InChI=1S/C15H20BrNO/c1-3-15(2)7-9-17(10-8-15)14(18)12-5-4-6-13(16)11-12/h4-6,11H,3,7-10H2,1-2H3. The average Bonchev–Trinajstić information content (AvgIpc) is 2.39. The highest BCUT2D eigenvalue weighted by atomic mass is 79.9. The zero-order valence-electron chi connectivity index (χ0n) is 11.1. The SMILES string of the molecule is CCC1(C)CCN(C(=O)c2cccc(Br)c2)CC1. The van der Waals surface area contributed by atoms with Gasteiger partial charge in [-0.2, -0.15) is 0 Å². The van der Waals surface area contributed by atoms with Crippen molar-refractivity contribution < 1.29 is 4.79 Å². The molecule has 1 amide bonds. The van der Waals surface area contributed by atoms with Gasteiger partial charge in [-0.25, -0.2) is 0 Å². The van der Waals surface area contributed by atoms with E-state index in [4.69, 9.17) is 0 Å². The Hall–Kier alpha value is -0.830. The molecule has 0 radical (unpaired) electrons. The minimum Gasteiger partial charge on any atom is -0.339 e. The van der Waals surface area contributed by atoms with Crippen LogP contribution in [0.2, 0.25) is 0 Å². The Morgan fingerprint density at radius 3 is 2.61 bits per heavy atom. The van der Waals surface area contributed by atoms with Gasteiger partial charge in [0.05, 0.1) is 0 Å². The Kier molecular flexibility index (Phi) is 4.10. The van der Waals surface area contributed by atoms with E-state index in [-0.39, 0.29) is 5.91 Å². The second kappa shape index (κ2) is 5.43. The van der Waals surface area contributed by atoms with E-state index >= 15 is 0 Å². The van der Waals surface area contributed by atoms with Gasteiger partial charge in [0.25, 0.3) is 5.91 Å². The van der Waals surface area contributed by atoms with E-state index in [9.17, 15) is 4.79 Å². The zero-order valence-corrected chi connectivity index (χ0v) is 12.7. The van der Waals surface area contributed by atoms with Gasteiger partial charge < -0.3 is 4.90 Å². The van der Waals surface area contributed by atoms with Crippen LogP contribution in [0.25, 0.3) is 0 Å². The maximum Gasteiger partial charge on any atom is 0.253 e. The summed E-state index contributed by atoms with van der Waals surface area (Å²) in [5, 5.41) is 0. The Labute approximate surface area is 117 Å². The highest BCUT2D eigenvalue weighted by Crippen LogP contribution is 2.34. The van der Waals surface area contributed by atoms with E-state index in [0.29, 0.717) is 5.41 Å². The molecule has 0 aromatic heterocycles. The van der Waals surface area contributed by atoms with Gasteiger partial charge in [0.1, 0.15) is 0 Å². The first kappa shape index (κ1) is 13.6. The molecule has 1 fully saturated rings. The first-order valence-corrected chi connectivity index (χ1v) is 7.38. The molecule has 18 heavy (non-hydrogen) atoms. The van der Waals surface area contributed by atoms with Gasteiger partial charge in [-0.15, -0.1) is 0 Å². The summed E-state index contributed by atoms with van der Waals surface area (Å²) in [6, 6.07) is 7.65. The monoisotopic (exact) mass is 309 g/mol. The molecule has 1 aromatic carbocycles. The molecule has 0 saturated carbocycles. The molecule has 1 aliphatic rings. The summed E-state index contributed by atoms with van der Waals surface area (Å²) in [4.78, 5) is 14.3. The van der Waals surface area contributed by atoms with Gasteiger partial charge in [0.15, 0.2) is 0 Å². The summed E-state index contributed by atoms with van der Waals surface area (Å²) >= 11 is 3.41. The van der Waals surface area contributed by atoms with E-state index in [1.54, 1.807) is 0 Å². The van der Waals surface area contributed by atoms with Gasteiger partial charge in [-0.1, -0.05) is 42.3 Å². The van der Waals surface area contributed by atoms with Gasteiger partial charge in [-0.05, 0) is 36.5 Å². The first-order chi connectivity index (χ1) is 8.54. The number of hydrogen-bond donors (Lipinski definition) is 0. The minimum atomic E-state index is 0.162. The van der Waals surface area contributed by atoms with E-state index < -0.39 is 0 Å². The lowest BCUT2D eigenvalue weighted by atomic mass is 9.78. The molecule has 98 valence electrons. The van der Waals surface area contributed by atoms with Crippen LogP contribution in [0.3, 0.4) is 0 Å². The maximum atomic E-state index is 12.4. The van der Waals surface area contributed by atoms with Crippen LogP contribution in [-0.2, 0) is 0 Å². The number of nitrogens with zero attached hydrogens (tertiary/aromatic N) is 1. The molecule has 1 heterocycles. The number of amides is 1. The molecule has 0 unspecified atom stereocenters. The maximum absolute atomic E-state index is 12.4. The fraction of sp³-hybridized carbons (Fsp3) is 0.533. The predicted octanol–water partition coefficient (Wildman–Crippen LogP) is 4.10. The number of carbonyl (C=O) groups is 1. The topological polar surface area (TPSA) is 20.3 Å². The molecule has 2 rings (SSSR count). The third-order valence-corrected chi connectivity index (χ3v) is 4.68. The first-order valence-electron chi connectivity index (χ1n) is 6.59. The highest BCUT2D eigenvalue weighted by Gasteiger charge is 2.30. The van der Waals surface area contributed by atoms with Crippen LogP contribution in [0, 0.1) is 5.41 Å². The summed E-state index contributed by atoms with van der Waals surface area (Å²) < 4.78 is 0.962. The smallest absolute Gasteiger partial charge is 0.253 e. The average molecular weight is 310 g/mol. The molecule has 0 bridgehead atoms. The van der Waals surface area contributed by atoms with Gasteiger partial charge in [-0.3, -0.25) is 4.79 Å². The van der Waals surface area contributed by atoms with E-state index in [2.05, 4.69) is 29.8 Å². The third kappa shape index (κ3) is 2.94. The Balaban J connectivity index is 2.04. The van der Waals surface area contributed by atoms with Gasteiger partial charge in [0, 0.05) is 23.1 Å². The van der Waals surface area contributed by atoms with Crippen molar-refractivity contribution in [1.29, 1.82) is 0 Å². The van der Waals surface area contributed by atoms with Crippen molar-refractivity contribution in [2.45, 2.75) is 33.1 Å². The number of likely N-dealkylation sites (tertiary alicyclic amines) is 1. The lowest BCUT2D eigenvalue weighted by Crippen LogP contribution is -2.41. The van der Waals surface area contributed by atoms with Crippen LogP contribution in [0.15, 0.2) is 28.7 Å². The van der Waals surface area contributed by atoms with Crippen molar-refractivity contribution in [3.05, 3.63) is 34.3 Å². The predicted molar refractivity (Wildman–Crippen MR) is 77.7 cm³/mol. The van der Waals surface area contributed by atoms with Crippen LogP contribution in [0.1, 0.15) is 43.5 Å². The molecule has 0 atom stereocenters. The molecular formula is C15H20BrNO. The molecular weight excluding hydrogens is 290 g/mol. The van der Waals surface area contributed by atoms with Crippen LogP contribution in [-0.4, -0.2) is 23.9 Å². The van der Waals surface area contributed by atoms with Crippen molar-refractivity contribution in [2.75, 3.05) is 13.1 Å². The number of hydrogen-bond acceptors (Lipinski definition) is 1. The third-order valence-electron chi connectivity index (χ3n) is 4.18. The van der Waals surface area contributed by atoms with E-state index in [1.165, 1.54) is 6.42 Å². The number of halogens is 1. The Bertz CT molecular complexity index is 436. The summed E-state index contributed by atoms with van der Waals surface area (Å²) in [7, 11) is 0. The molecule has 3 heteroatoms. The highest BCUT2D eigenvalue weighted by molar-refractivity contribution is 9.10. The number of benzene rings is 1. The molecule has 1 saturated heterocycles. The molecule has 0 N–H and O–H groups in total. The minimum absolute atomic E-state index is 0.162. The summed E-state index contributed by atoms with van der Waals surface area (Å²) in [6.07, 6.45) is 3.43. The van der Waals surface area contributed by atoms with Crippen LogP contribution >= 0.6 is 15.9 Å². The Morgan fingerprint density at radius 2 is 2.06 bits per heavy atom. The normalized spacial score (nSPS) is 18.7. The molecule has 1 aliphatic heterocycles. The summed E-state index contributed by atoms with van der Waals surface area (Å²) in [5.41, 5.74) is 1.21. The summed E-state index contributed by atoms with van der Waals surface area (Å²) in [5.74, 6) is 0.162. The van der Waals surface area contributed by atoms with E-state index in [1.807, 2.05) is 29.2 Å². The number of rotatable bonds is 2. The van der Waals surface area contributed by atoms with Crippen molar-refractivity contribution >= 4 is 21.8 Å². The van der Waals surface area contributed by atoms with Gasteiger partial charge in [0.2, 0.25) is 0 Å². The number of carbonyl (C=O) groups excluding carboxylic acids is 1. The van der Waals surface area contributed by atoms with E-state index in [0.717, 1.165) is 36.0 Å². The molecule has 0 spiro atoms. The van der Waals surface area contributed by atoms with Crippen molar-refractivity contribution in [1.82, 2.24) is 4.90 Å². The van der Waals surface area contributed by atoms with Crippen molar-refractivity contribution in [3.8, 4) is 0 Å². The van der Waals surface area contributed by atoms with Gasteiger partial charge >= 0.3 is 0 Å². The van der Waals surface area contributed by atoms with Crippen LogP contribution in [0.5, 0.6) is 0 Å². The van der Waals surface area contributed by atoms with Crippen LogP contribution < -0.4 is 0 Å². The fourth-order valence-electron chi connectivity index (χ4n) is 2.41. The molecule has 2 nitrogen and oxygen atoms in total. The lowest BCUT2D eigenvalue weighted by Gasteiger charge is -2.39.